The number of nitrogens with zero attached hydrogens (tertiary/aromatic N) is 1. The largest absolute Gasteiger partial charge is 0.338 e. The number of hydrogen-bond donors (Lipinski definition) is 1. The van der Waals surface area contributed by atoms with Crippen molar-refractivity contribution in [1.82, 2.24) is 10.2 Å². The SMILES string of the molecule is CNCC1CCN(C(=O)c2ccc(S(=O)(=O)Cc3ccccc3)cc2)C1. The predicted molar refractivity (Wildman–Crippen MR) is 102 cm³/mol. The number of likely N-dealkylation sites (tertiary alicyclic amines) is 1. The van der Waals surface area contributed by atoms with Crippen LogP contribution in [0.3, 0.4) is 0 Å². The van der Waals surface area contributed by atoms with E-state index in [4.69, 9.17) is 0 Å². The molecule has 1 aliphatic rings. The molecule has 3 rings (SSSR count). The summed E-state index contributed by atoms with van der Waals surface area (Å²) in [6, 6.07) is 15.4. The van der Waals surface area contributed by atoms with Gasteiger partial charge < -0.3 is 10.2 Å². The molecule has 1 fully saturated rings. The second-order valence-corrected chi connectivity index (χ2v) is 8.72. The molecule has 2 aromatic carbocycles. The van der Waals surface area contributed by atoms with Gasteiger partial charge in [0.2, 0.25) is 0 Å². The lowest BCUT2D eigenvalue weighted by Crippen LogP contribution is -2.30. The average molecular weight is 372 g/mol. The summed E-state index contributed by atoms with van der Waals surface area (Å²) in [5.74, 6) is 0.406. The molecule has 0 saturated carbocycles. The van der Waals surface area contributed by atoms with Gasteiger partial charge in [-0.2, -0.15) is 0 Å². The van der Waals surface area contributed by atoms with Gasteiger partial charge in [0.1, 0.15) is 0 Å². The van der Waals surface area contributed by atoms with Crippen LogP contribution in [0.25, 0.3) is 0 Å². The molecule has 2 aromatic rings. The number of amides is 1. The minimum absolute atomic E-state index is 0.0318. The van der Waals surface area contributed by atoms with E-state index in [-0.39, 0.29) is 16.6 Å². The second kappa shape index (κ2) is 8.01. The maximum absolute atomic E-state index is 12.6. The number of sulfone groups is 1. The Bertz CT molecular complexity index is 848. The lowest BCUT2D eigenvalue weighted by molar-refractivity contribution is 0.0787. The highest BCUT2D eigenvalue weighted by Crippen LogP contribution is 2.21. The third-order valence-corrected chi connectivity index (χ3v) is 6.43. The molecule has 0 bridgehead atoms. The fourth-order valence-electron chi connectivity index (χ4n) is 3.34. The molecule has 26 heavy (non-hydrogen) atoms. The van der Waals surface area contributed by atoms with E-state index in [9.17, 15) is 13.2 Å². The number of carbonyl (C=O) groups is 1. The van der Waals surface area contributed by atoms with Crippen molar-refractivity contribution in [2.75, 3.05) is 26.7 Å². The molecule has 5 nitrogen and oxygen atoms in total. The Morgan fingerprint density at radius 3 is 2.46 bits per heavy atom. The van der Waals surface area contributed by atoms with Gasteiger partial charge >= 0.3 is 0 Å². The fourth-order valence-corrected chi connectivity index (χ4v) is 4.69. The van der Waals surface area contributed by atoms with Crippen LogP contribution in [-0.2, 0) is 15.6 Å². The Kier molecular flexibility index (Phi) is 5.74. The molecular formula is C20H24N2O3S. The first-order valence-corrected chi connectivity index (χ1v) is 10.5. The Hall–Kier alpha value is -2.18. The molecule has 0 spiro atoms. The van der Waals surface area contributed by atoms with Crippen LogP contribution in [0.15, 0.2) is 59.5 Å². The molecule has 1 aliphatic heterocycles. The van der Waals surface area contributed by atoms with Crippen LogP contribution in [0.1, 0.15) is 22.3 Å². The summed E-state index contributed by atoms with van der Waals surface area (Å²) >= 11 is 0. The van der Waals surface area contributed by atoms with Crippen LogP contribution < -0.4 is 5.32 Å². The minimum Gasteiger partial charge on any atom is -0.338 e. The molecule has 1 unspecified atom stereocenters. The summed E-state index contributed by atoms with van der Waals surface area (Å²) in [7, 11) is -1.51. The first kappa shape index (κ1) is 18.6. The van der Waals surface area contributed by atoms with E-state index in [1.165, 1.54) is 12.1 Å². The molecule has 1 N–H and O–H groups in total. The second-order valence-electron chi connectivity index (χ2n) is 6.73. The van der Waals surface area contributed by atoms with E-state index < -0.39 is 9.84 Å². The third-order valence-electron chi connectivity index (χ3n) is 4.73. The first-order valence-electron chi connectivity index (χ1n) is 8.80. The first-order chi connectivity index (χ1) is 12.5. The van der Waals surface area contributed by atoms with Gasteiger partial charge in [-0.05, 0) is 55.8 Å². The van der Waals surface area contributed by atoms with Crippen molar-refractivity contribution in [3.8, 4) is 0 Å². The van der Waals surface area contributed by atoms with Gasteiger partial charge in [-0.15, -0.1) is 0 Å². The zero-order valence-corrected chi connectivity index (χ0v) is 15.7. The normalized spacial score (nSPS) is 17.4. The van der Waals surface area contributed by atoms with Gasteiger partial charge in [0.15, 0.2) is 9.84 Å². The highest BCUT2D eigenvalue weighted by atomic mass is 32.2. The van der Waals surface area contributed by atoms with Crippen LogP contribution in [0, 0.1) is 5.92 Å². The maximum atomic E-state index is 12.6. The van der Waals surface area contributed by atoms with E-state index in [1.54, 1.807) is 24.3 Å². The van der Waals surface area contributed by atoms with Gasteiger partial charge in [0.05, 0.1) is 10.6 Å². The molecule has 6 heteroatoms. The van der Waals surface area contributed by atoms with Gasteiger partial charge in [0, 0.05) is 18.7 Å². The summed E-state index contributed by atoms with van der Waals surface area (Å²) in [4.78, 5) is 14.7. The van der Waals surface area contributed by atoms with Gasteiger partial charge in [-0.25, -0.2) is 8.42 Å². The number of carbonyl (C=O) groups excluding carboxylic acids is 1. The lowest BCUT2D eigenvalue weighted by Gasteiger charge is -2.17. The van der Waals surface area contributed by atoms with Gasteiger partial charge in [0.25, 0.3) is 5.91 Å². The molecule has 0 aromatic heterocycles. The monoisotopic (exact) mass is 372 g/mol. The van der Waals surface area contributed by atoms with Crippen molar-refractivity contribution >= 4 is 15.7 Å². The predicted octanol–water partition coefficient (Wildman–Crippen LogP) is 2.34. The molecule has 1 heterocycles. The maximum Gasteiger partial charge on any atom is 0.253 e. The Morgan fingerprint density at radius 1 is 1.12 bits per heavy atom. The van der Waals surface area contributed by atoms with E-state index in [0.29, 0.717) is 11.5 Å². The summed E-state index contributed by atoms with van der Waals surface area (Å²) in [5.41, 5.74) is 1.29. The van der Waals surface area contributed by atoms with E-state index >= 15 is 0 Å². The van der Waals surface area contributed by atoms with Crippen molar-refractivity contribution < 1.29 is 13.2 Å². The van der Waals surface area contributed by atoms with E-state index in [1.807, 2.05) is 30.1 Å². The van der Waals surface area contributed by atoms with Crippen molar-refractivity contribution in [1.29, 1.82) is 0 Å². The number of nitrogens with one attached hydrogen (secondary N) is 1. The topological polar surface area (TPSA) is 66.5 Å². The van der Waals surface area contributed by atoms with Crippen molar-refractivity contribution in [3.63, 3.8) is 0 Å². The highest BCUT2D eigenvalue weighted by Gasteiger charge is 2.26. The van der Waals surface area contributed by atoms with Crippen molar-refractivity contribution in [3.05, 3.63) is 65.7 Å². The molecule has 0 radical (unpaired) electrons. The van der Waals surface area contributed by atoms with Crippen molar-refractivity contribution in [2.24, 2.45) is 5.92 Å². The minimum atomic E-state index is -3.42. The molecule has 0 aliphatic carbocycles. The lowest BCUT2D eigenvalue weighted by atomic mass is 10.1. The highest BCUT2D eigenvalue weighted by molar-refractivity contribution is 7.90. The molecule has 1 amide bonds. The molecule has 1 atom stereocenters. The number of hydrogen-bond acceptors (Lipinski definition) is 4. The fraction of sp³-hybridized carbons (Fsp3) is 0.350. The van der Waals surface area contributed by atoms with Gasteiger partial charge in [-0.1, -0.05) is 30.3 Å². The number of rotatable bonds is 6. The Balaban J connectivity index is 1.69. The van der Waals surface area contributed by atoms with Crippen LogP contribution >= 0.6 is 0 Å². The third kappa shape index (κ3) is 4.31. The van der Waals surface area contributed by atoms with E-state index in [0.717, 1.165) is 31.6 Å². The smallest absolute Gasteiger partial charge is 0.253 e. The van der Waals surface area contributed by atoms with Crippen LogP contribution in [0.5, 0.6) is 0 Å². The average Bonchev–Trinajstić information content (AvgIpc) is 3.11. The Labute approximate surface area is 154 Å². The summed E-state index contributed by atoms with van der Waals surface area (Å²) in [6.45, 7) is 2.40. The zero-order valence-electron chi connectivity index (χ0n) is 14.9. The molecule has 138 valence electrons. The zero-order chi connectivity index (χ0) is 18.6. The number of benzene rings is 2. The Morgan fingerprint density at radius 2 is 1.81 bits per heavy atom. The standard InChI is InChI=1S/C20H24N2O3S/c1-21-13-17-11-12-22(14-17)20(23)18-7-9-19(10-8-18)26(24,25)15-16-5-3-2-4-6-16/h2-10,17,21H,11-15H2,1H3. The van der Waals surface area contributed by atoms with Crippen LogP contribution in [0.4, 0.5) is 0 Å². The quantitative estimate of drug-likeness (QED) is 0.845. The van der Waals surface area contributed by atoms with Gasteiger partial charge in [-0.3, -0.25) is 4.79 Å². The van der Waals surface area contributed by atoms with Crippen LogP contribution in [0.2, 0.25) is 0 Å². The summed E-state index contributed by atoms with van der Waals surface area (Å²) < 4.78 is 25.1. The van der Waals surface area contributed by atoms with E-state index in [2.05, 4.69) is 5.32 Å². The summed E-state index contributed by atoms with van der Waals surface area (Å²) in [6.07, 6.45) is 0.996. The molecule has 1 saturated heterocycles. The summed E-state index contributed by atoms with van der Waals surface area (Å²) in [5, 5.41) is 3.15. The molecular weight excluding hydrogens is 348 g/mol. The van der Waals surface area contributed by atoms with Crippen molar-refractivity contribution in [2.45, 2.75) is 17.1 Å². The van der Waals surface area contributed by atoms with Crippen LogP contribution in [-0.4, -0.2) is 45.9 Å².